The first kappa shape index (κ1) is 26.2. The molecule has 0 saturated carbocycles. The maximum absolute atomic E-state index is 10.1. The Kier molecular flexibility index (Phi) is 10.5. The molecule has 7 nitrogen and oxygen atoms in total. The topological polar surface area (TPSA) is 78.4 Å². The fraction of sp³-hybridized carbons (Fsp3) is 0.435. The number of para-hydroxylation sites is 1. The molecule has 9 heteroatoms. The van der Waals surface area contributed by atoms with Gasteiger partial charge in [-0.1, -0.05) is 23.7 Å². The molecule has 1 aliphatic rings. The number of halogens is 2. The summed E-state index contributed by atoms with van der Waals surface area (Å²) in [6, 6.07) is 11.8. The van der Waals surface area contributed by atoms with Gasteiger partial charge in [-0.3, -0.25) is 0 Å². The van der Waals surface area contributed by atoms with Gasteiger partial charge < -0.3 is 30.1 Å². The Balaban J connectivity index is 0.00000363. The van der Waals surface area contributed by atoms with Crippen molar-refractivity contribution in [2.45, 2.75) is 32.4 Å². The Morgan fingerprint density at radius 1 is 1.22 bits per heavy atom. The van der Waals surface area contributed by atoms with E-state index in [0.717, 1.165) is 54.7 Å². The van der Waals surface area contributed by atoms with E-state index in [9.17, 15) is 5.11 Å². The summed E-state index contributed by atoms with van der Waals surface area (Å²) in [5, 5.41) is 17.8. The van der Waals surface area contributed by atoms with Crippen molar-refractivity contribution in [3.05, 3.63) is 47.0 Å². The van der Waals surface area contributed by atoms with Gasteiger partial charge in [0.05, 0.1) is 31.5 Å². The molecule has 3 rings (SSSR count). The molecule has 0 spiro atoms. The molecule has 2 aromatic carbocycles. The molecule has 0 aliphatic carbocycles. The SMILES string of the molecule is CCNC(=NCc1cc(OC)c(O)c(OC)c1)NC1CCCN(c2ccccc2Cl)C1.I. The number of nitrogens with zero attached hydrogens (tertiary/aromatic N) is 2. The highest BCUT2D eigenvalue weighted by atomic mass is 127. The second-order valence-corrected chi connectivity index (χ2v) is 7.83. The quantitative estimate of drug-likeness (QED) is 0.258. The van der Waals surface area contributed by atoms with Gasteiger partial charge in [0.1, 0.15) is 0 Å². The summed E-state index contributed by atoms with van der Waals surface area (Å²) in [6.07, 6.45) is 2.14. The summed E-state index contributed by atoms with van der Waals surface area (Å²) in [5.74, 6) is 1.47. The summed E-state index contributed by atoms with van der Waals surface area (Å²) in [5.41, 5.74) is 1.95. The Hall–Kier alpha value is -2.07. The van der Waals surface area contributed by atoms with Gasteiger partial charge in [-0.05, 0) is 49.6 Å². The normalized spacial score (nSPS) is 16.2. The van der Waals surface area contributed by atoms with Crippen LogP contribution in [0.4, 0.5) is 5.69 Å². The first-order valence-electron chi connectivity index (χ1n) is 10.5. The van der Waals surface area contributed by atoms with Crippen molar-refractivity contribution < 1.29 is 14.6 Å². The molecule has 1 atom stereocenters. The fourth-order valence-corrected chi connectivity index (χ4v) is 4.00. The Morgan fingerprint density at radius 2 is 1.91 bits per heavy atom. The van der Waals surface area contributed by atoms with Gasteiger partial charge in [0.15, 0.2) is 17.5 Å². The molecular weight excluding hydrogens is 543 g/mol. The van der Waals surface area contributed by atoms with E-state index in [1.807, 2.05) is 25.1 Å². The summed E-state index contributed by atoms with van der Waals surface area (Å²) >= 11 is 6.40. The van der Waals surface area contributed by atoms with Crippen molar-refractivity contribution >= 4 is 47.2 Å². The fourth-order valence-electron chi connectivity index (χ4n) is 3.74. The zero-order chi connectivity index (χ0) is 22.2. The standard InChI is InChI=1S/C23H31ClN4O3.HI/c1-4-25-23(26-14-16-12-20(30-2)22(29)21(13-16)31-3)27-17-8-7-11-28(15-17)19-10-6-5-9-18(19)24;/h5-6,9-10,12-13,17,29H,4,7-8,11,14-15H2,1-3H3,(H2,25,26,27);1H. The molecule has 1 aliphatic heterocycles. The van der Waals surface area contributed by atoms with E-state index in [2.05, 4.69) is 21.6 Å². The van der Waals surface area contributed by atoms with Crippen LogP contribution in [-0.4, -0.2) is 51.0 Å². The highest BCUT2D eigenvalue weighted by molar-refractivity contribution is 14.0. The Morgan fingerprint density at radius 3 is 2.53 bits per heavy atom. The van der Waals surface area contributed by atoms with Crippen LogP contribution in [0.25, 0.3) is 0 Å². The van der Waals surface area contributed by atoms with E-state index < -0.39 is 0 Å². The minimum Gasteiger partial charge on any atom is -0.502 e. The highest BCUT2D eigenvalue weighted by Crippen LogP contribution is 2.37. The molecule has 0 bridgehead atoms. The summed E-state index contributed by atoms with van der Waals surface area (Å²) in [7, 11) is 3.03. The number of nitrogens with one attached hydrogen (secondary N) is 2. The van der Waals surface area contributed by atoms with E-state index in [4.69, 9.17) is 26.1 Å². The van der Waals surface area contributed by atoms with E-state index >= 15 is 0 Å². The smallest absolute Gasteiger partial charge is 0.200 e. The number of phenols is 1. The number of benzene rings is 2. The number of hydrogen-bond acceptors (Lipinski definition) is 5. The average Bonchev–Trinajstić information content (AvgIpc) is 2.78. The van der Waals surface area contributed by atoms with Gasteiger partial charge >= 0.3 is 0 Å². The molecule has 0 aromatic heterocycles. The predicted octanol–water partition coefficient (Wildman–Crippen LogP) is 4.40. The van der Waals surface area contributed by atoms with Gasteiger partial charge in [0.2, 0.25) is 5.75 Å². The van der Waals surface area contributed by atoms with E-state index in [1.165, 1.54) is 14.2 Å². The number of phenolic OH excluding ortho intramolecular Hbond substituents is 1. The van der Waals surface area contributed by atoms with Crippen molar-refractivity contribution in [1.82, 2.24) is 10.6 Å². The Labute approximate surface area is 212 Å². The number of aromatic hydroxyl groups is 1. The van der Waals surface area contributed by atoms with Crippen LogP contribution < -0.4 is 25.0 Å². The first-order chi connectivity index (χ1) is 15.0. The second-order valence-electron chi connectivity index (χ2n) is 7.43. The van der Waals surface area contributed by atoms with Crippen LogP contribution in [0.1, 0.15) is 25.3 Å². The lowest BCUT2D eigenvalue weighted by Gasteiger charge is -2.35. The van der Waals surface area contributed by atoms with Crippen molar-refractivity contribution in [1.29, 1.82) is 0 Å². The number of rotatable bonds is 7. The van der Waals surface area contributed by atoms with Crippen LogP contribution >= 0.6 is 35.6 Å². The van der Waals surface area contributed by atoms with Crippen molar-refractivity contribution in [2.24, 2.45) is 4.99 Å². The molecule has 2 aromatic rings. The van der Waals surface area contributed by atoms with Gasteiger partial charge in [0, 0.05) is 25.7 Å². The Bertz CT molecular complexity index is 888. The van der Waals surface area contributed by atoms with Crippen LogP contribution in [0, 0.1) is 0 Å². The lowest BCUT2D eigenvalue weighted by molar-refractivity contribution is 0.339. The minimum atomic E-state index is -0.00960. The third kappa shape index (κ3) is 6.71. The number of methoxy groups -OCH3 is 2. The molecule has 1 saturated heterocycles. The average molecular weight is 575 g/mol. The number of hydrogen-bond donors (Lipinski definition) is 3. The largest absolute Gasteiger partial charge is 0.502 e. The molecule has 32 heavy (non-hydrogen) atoms. The molecule has 176 valence electrons. The van der Waals surface area contributed by atoms with E-state index in [-0.39, 0.29) is 35.8 Å². The van der Waals surface area contributed by atoms with Crippen molar-refractivity contribution in [2.75, 3.05) is 38.8 Å². The summed E-state index contributed by atoms with van der Waals surface area (Å²) < 4.78 is 10.5. The maximum Gasteiger partial charge on any atom is 0.200 e. The van der Waals surface area contributed by atoms with Crippen LogP contribution in [0.15, 0.2) is 41.4 Å². The van der Waals surface area contributed by atoms with Crippen LogP contribution in [0.3, 0.4) is 0 Å². The van der Waals surface area contributed by atoms with E-state index in [0.29, 0.717) is 18.0 Å². The van der Waals surface area contributed by atoms with Crippen molar-refractivity contribution in [3.63, 3.8) is 0 Å². The molecule has 1 heterocycles. The minimum absolute atomic E-state index is 0. The molecule has 1 unspecified atom stereocenters. The van der Waals surface area contributed by atoms with Crippen molar-refractivity contribution in [3.8, 4) is 17.2 Å². The van der Waals surface area contributed by atoms with Gasteiger partial charge in [0.25, 0.3) is 0 Å². The van der Waals surface area contributed by atoms with Crippen LogP contribution in [0.2, 0.25) is 5.02 Å². The van der Waals surface area contributed by atoms with Gasteiger partial charge in [-0.25, -0.2) is 4.99 Å². The summed E-state index contributed by atoms with van der Waals surface area (Å²) in [6.45, 7) is 5.07. The third-order valence-corrected chi connectivity index (χ3v) is 5.58. The molecule has 1 fully saturated rings. The molecule has 0 radical (unpaired) electrons. The third-order valence-electron chi connectivity index (χ3n) is 5.26. The highest BCUT2D eigenvalue weighted by Gasteiger charge is 2.22. The van der Waals surface area contributed by atoms with Gasteiger partial charge in [-0.2, -0.15) is 0 Å². The number of aliphatic imine (C=N–C) groups is 1. The number of piperidine rings is 1. The van der Waals surface area contributed by atoms with E-state index in [1.54, 1.807) is 12.1 Å². The zero-order valence-electron chi connectivity index (χ0n) is 18.7. The van der Waals surface area contributed by atoms with Crippen LogP contribution in [0.5, 0.6) is 17.2 Å². The molecule has 0 amide bonds. The zero-order valence-corrected chi connectivity index (χ0v) is 21.8. The first-order valence-corrected chi connectivity index (χ1v) is 10.9. The molecular formula is C23H32ClIN4O3. The maximum atomic E-state index is 10.1. The number of anilines is 1. The summed E-state index contributed by atoms with van der Waals surface area (Å²) in [4.78, 5) is 7.05. The lowest BCUT2D eigenvalue weighted by Crippen LogP contribution is -2.51. The molecule has 3 N–H and O–H groups in total. The monoisotopic (exact) mass is 574 g/mol. The number of ether oxygens (including phenoxy) is 2. The number of guanidine groups is 1. The van der Waals surface area contributed by atoms with Gasteiger partial charge in [-0.15, -0.1) is 24.0 Å². The second kappa shape index (κ2) is 12.8. The predicted molar refractivity (Wildman–Crippen MR) is 141 cm³/mol. The van der Waals surface area contributed by atoms with Crippen LogP contribution in [-0.2, 0) is 6.54 Å². The lowest BCUT2D eigenvalue weighted by atomic mass is 10.0.